The van der Waals surface area contributed by atoms with E-state index < -0.39 is 7.25 Å². The van der Waals surface area contributed by atoms with Gasteiger partial charge in [0.15, 0.2) is 22.7 Å². The molecule has 0 saturated carbocycles. The van der Waals surface area contributed by atoms with Gasteiger partial charge in [0.25, 0.3) is 0 Å². The van der Waals surface area contributed by atoms with Crippen molar-refractivity contribution in [3.8, 4) is 0 Å². The van der Waals surface area contributed by atoms with Crippen LogP contribution in [0.15, 0.2) is 72.8 Å². The maximum absolute atomic E-state index is 9.75. The monoisotopic (exact) mass is 764 g/mol. The molecule has 0 fully saturated rings. The Bertz CT molecular complexity index is 1460. The summed E-state index contributed by atoms with van der Waals surface area (Å²) in [6.45, 7) is 43.1. The van der Waals surface area contributed by atoms with Crippen molar-refractivity contribution >= 4 is 30.0 Å². The maximum atomic E-state index is 9.75. The molecule has 0 saturated heterocycles. The molecule has 4 rings (SSSR count). The summed E-state index contributed by atoms with van der Waals surface area (Å²) in [7, 11) is -6.00. The quantitative estimate of drug-likeness (QED) is 0.101. The number of para-hydroxylation sites is 4. The zero-order valence-corrected chi connectivity index (χ0v) is 31.2. The molecule has 0 radical (unpaired) electrons. The molecule has 0 aliphatic carbocycles. The molecular weight excluding hydrogens is 728 g/mol. The van der Waals surface area contributed by atoms with Crippen LogP contribution >= 0.6 is 0 Å². The Kier molecular flexibility index (Phi) is 29.4. The number of benzene rings is 4. The minimum absolute atomic E-state index is 0. The standard InChI is InChI=1S/4C9H9N.BF4.2NO.Nb/c4*1-7-5-4-6-8(2)9(7)10-3;2-1(3,4)5;2*1-2;/h4*4-6H,1-2H3;;;;/q;;;;3*-1;+3. The van der Waals surface area contributed by atoms with E-state index in [0.29, 0.717) is 0 Å². The van der Waals surface area contributed by atoms with Gasteiger partial charge in [-0.05, 0) is 99.9 Å². The molecule has 0 spiro atoms. The van der Waals surface area contributed by atoms with E-state index >= 15 is 0 Å². The molecule has 4 aromatic rings. The smallest absolute Gasteiger partial charge is 0.577 e. The van der Waals surface area contributed by atoms with Gasteiger partial charge < -0.3 is 38.3 Å². The minimum Gasteiger partial charge on any atom is -0.577 e. The van der Waals surface area contributed by atoms with Gasteiger partial charge in [0.1, 0.15) is 0 Å². The van der Waals surface area contributed by atoms with Crippen molar-refractivity contribution in [1.29, 1.82) is 0 Å². The Labute approximate surface area is 308 Å². The van der Waals surface area contributed by atoms with Gasteiger partial charge in [-0.25, -0.2) is 19.4 Å². The fraction of sp³-hybridized carbons (Fsp3) is 0.222. The van der Waals surface area contributed by atoms with Gasteiger partial charge >= 0.3 is 29.6 Å². The topological polar surface area (TPSA) is 96.2 Å². The molecule has 258 valence electrons. The van der Waals surface area contributed by atoms with E-state index in [1.54, 1.807) is 0 Å². The number of nitrogens with zero attached hydrogens (tertiary/aromatic N) is 6. The number of hydrogen-bond acceptors (Lipinski definition) is 2. The van der Waals surface area contributed by atoms with E-state index in [9.17, 15) is 17.3 Å². The van der Waals surface area contributed by atoms with Gasteiger partial charge in [-0.2, -0.15) is 0 Å². The summed E-state index contributed by atoms with van der Waals surface area (Å²) in [5.41, 5.74) is 23.2. The van der Waals surface area contributed by atoms with E-state index in [2.05, 4.69) is 19.4 Å². The zero-order valence-electron chi connectivity index (χ0n) is 29.0. The fourth-order valence-electron chi connectivity index (χ4n) is 3.93. The maximum Gasteiger partial charge on any atom is 3.00 e. The van der Waals surface area contributed by atoms with Crippen molar-refractivity contribution in [3.05, 3.63) is 184 Å². The molecule has 0 aromatic heterocycles. The van der Waals surface area contributed by atoms with E-state index in [1.165, 1.54) is 0 Å². The Hall–Kier alpha value is -5.43. The second-order valence-electron chi connectivity index (χ2n) is 9.90. The van der Waals surface area contributed by atoms with Crippen LogP contribution in [0.2, 0.25) is 0 Å². The summed E-state index contributed by atoms with van der Waals surface area (Å²) in [6, 6.07) is 23.6. The van der Waals surface area contributed by atoms with Crippen LogP contribution in [0, 0.1) is 91.5 Å². The van der Waals surface area contributed by atoms with Crippen LogP contribution in [0.3, 0.4) is 0 Å². The second-order valence-corrected chi connectivity index (χ2v) is 9.90. The molecule has 50 heavy (non-hydrogen) atoms. The van der Waals surface area contributed by atoms with Crippen LogP contribution in [-0.2, 0) is 22.4 Å². The van der Waals surface area contributed by atoms with Crippen LogP contribution in [0.1, 0.15) is 44.5 Å². The van der Waals surface area contributed by atoms with Crippen LogP contribution in [0.4, 0.5) is 40.0 Å². The molecule has 0 heterocycles. The molecule has 0 aliphatic rings. The average Bonchev–Trinajstić information content (AvgIpc) is 3.04. The van der Waals surface area contributed by atoms with Gasteiger partial charge in [0.2, 0.25) is 0 Å². The molecule has 4 aromatic carbocycles. The van der Waals surface area contributed by atoms with Gasteiger partial charge in [-0.15, -0.1) is 0 Å². The van der Waals surface area contributed by atoms with Crippen molar-refractivity contribution in [1.82, 2.24) is 0 Å². The number of nitroso groups, excluding NO2 is 2. The SMILES string of the molecule is F[B-](F)(F)F.[C-]#[N+]c1c(C)cccc1C.[C-]#[N+]c1c(C)cccc1C.[C-]#[N+]c1c(C)cccc1C.[C-]#[N+]c1c(C)cccc1C.[N-]=O.[N-]=O.[Nb+3]. The summed E-state index contributed by atoms with van der Waals surface area (Å²) < 4.78 is 39.0. The summed E-state index contributed by atoms with van der Waals surface area (Å²) >= 11 is 0. The van der Waals surface area contributed by atoms with Crippen LogP contribution in [0.5, 0.6) is 0 Å². The summed E-state index contributed by atoms with van der Waals surface area (Å²) in [4.78, 5) is 28.2. The summed E-state index contributed by atoms with van der Waals surface area (Å²) in [6.07, 6.45) is 0. The second kappa shape index (κ2) is 28.6. The minimum atomic E-state index is -6.00. The van der Waals surface area contributed by atoms with E-state index in [0.717, 1.165) is 67.3 Å². The first-order valence-electron chi connectivity index (χ1n) is 14.0. The van der Waals surface area contributed by atoms with Crippen molar-refractivity contribution in [2.45, 2.75) is 55.4 Å². The number of aryl methyl sites for hydroxylation is 8. The predicted molar refractivity (Wildman–Crippen MR) is 192 cm³/mol. The summed E-state index contributed by atoms with van der Waals surface area (Å²) in [5, 5.41) is 0. The first-order valence-corrected chi connectivity index (χ1v) is 14.0. The summed E-state index contributed by atoms with van der Waals surface area (Å²) in [5.74, 6) is 0. The van der Waals surface area contributed by atoms with Gasteiger partial charge in [-0.3, -0.25) is 0 Å². The predicted octanol–water partition coefficient (Wildman–Crippen LogP) is 13.4. The van der Waals surface area contributed by atoms with E-state index in [-0.39, 0.29) is 22.4 Å². The Morgan fingerprint density at radius 1 is 0.400 bits per heavy atom. The van der Waals surface area contributed by atoms with Crippen molar-refractivity contribution in [2.75, 3.05) is 0 Å². The fourth-order valence-corrected chi connectivity index (χ4v) is 3.93. The van der Waals surface area contributed by atoms with Crippen molar-refractivity contribution < 1.29 is 39.6 Å². The van der Waals surface area contributed by atoms with Gasteiger partial charge in [0.05, 0.1) is 26.3 Å². The Morgan fingerprint density at radius 3 is 0.560 bits per heavy atom. The number of rotatable bonds is 0. The number of hydrogen-bond donors (Lipinski definition) is 0. The van der Waals surface area contributed by atoms with Crippen LogP contribution in [-0.4, -0.2) is 7.25 Å². The van der Waals surface area contributed by atoms with Crippen LogP contribution in [0.25, 0.3) is 30.6 Å². The molecule has 0 amide bonds. The van der Waals surface area contributed by atoms with E-state index in [1.807, 2.05) is 128 Å². The normalized spacial score (nSPS) is 8.48. The molecule has 0 unspecified atom stereocenters. The van der Waals surface area contributed by atoms with Crippen molar-refractivity contribution in [2.24, 2.45) is 0 Å². The molecule has 8 nitrogen and oxygen atoms in total. The average molecular weight is 764 g/mol. The number of halogens is 4. The van der Waals surface area contributed by atoms with Crippen molar-refractivity contribution in [3.63, 3.8) is 0 Å². The third kappa shape index (κ3) is 21.4. The molecule has 0 N–H and O–H groups in total. The third-order valence-corrected chi connectivity index (χ3v) is 6.21. The van der Waals surface area contributed by atoms with E-state index in [4.69, 9.17) is 47.3 Å². The Morgan fingerprint density at radius 2 is 0.500 bits per heavy atom. The van der Waals surface area contributed by atoms with Crippen LogP contribution < -0.4 is 0 Å². The van der Waals surface area contributed by atoms with Gasteiger partial charge in [0, 0.05) is 0 Å². The molecule has 0 bridgehead atoms. The first kappa shape index (κ1) is 51.4. The molecule has 0 aliphatic heterocycles. The Balaban J connectivity index is -0.000000260. The zero-order chi connectivity index (χ0) is 38.7. The third-order valence-electron chi connectivity index (χ3n) is 6.21. The molecular formula is C36H36BF4N6NbO2. The molecule has 0 atom stereocenters. The largest absolute Gasteiger partial charge is 3.00 e. The van der Waals surface area contributed by atoms with Gasteiger partial charge in [-0.1, -0.05) is 72.8 Å². The molecule has 14 heteroatoms. The first-order chi connectivity index (χ1) is 23.0.